The molecule has 0 atom stereocenters. The van der Waals surface area contributed by atoms with Crippen LogP contribution in [0.25, 0.3) is 0 Å². The highest BCUT2D eigenvalue weighted by Crippen LogP contribution is 2.12. The number of hydrogen-bond donors (Lipinski definition) is 0. The summed E-state index contributed by atoms with van der Waals surface area (Å²) in [7, 11) is 10.7. The molecule has 4 radical (unpaired) electrons. The average Bonchev–Trinajstić information content (AvgIpc) is 2.04. The van der Waals surface area contributed by atoms with Gasteiger partial charge in [-0.05, 0) is 11.6 Å². The van der Waals surface area contributed by atoms with E-state index < -0.39 is 0 Å². The highest BCUT2D eigenvalue weighted by molar-refractivity contribution is 6.10. The fourth-order valence-electron chi connectivity index (χ4n) is 1.02. The van der Waals surface area contributed by atoms with E-state index in [0.29, 0.717) is 11.9 Å². The Morgan fingerprint density at radius 2 is 1.91 bits per heavy atom. The van der Waals surface area contributed by atoms with Crippen LogP contribution >= 0.6 is 0 Å². The lowest BCUT2D eigenvalue weighted by atomic mass is 9.86. The van der Waals surface area contributed by atoms with Gasteiger partial charge in [0.05, 0.1) is 15.7 Å². The molecule has 0 aromatic heterocycles. The zero-order valence-corrected chi connectivity index (χ0v) is 6.18. The van der Waals surface area contributed by atoms with E-state index in [1.54, 1.807) is 12.1 Å². The predicted molar refractivity (Wildman–Crippen MR) is 45.3 cm³/mol. The lowest BCUT2D eigenvalue weighted by Gasteiger charge is -2.05. The zero-order valence-electron chi connectivity index (χ0n) is 6.18. The van der Waals surface area contributed by atoms with Gasteiger partial charge in [0.1, 0.15) is 5.82 Å². The summed E-state index contributed by atoms with van der Waals surface area (Å²) in [4.78, 5) is 0. The van der Waals surface area contributed by atoms with Gasteiger partial charge < -0.3 is 0 Å². The number of rotatable bonds is 2. The Hall–Kier alpha value is -0.720. The van der Waals surface area contributed by atoms with Gasteiger partial charge in [0.2, 0.25) is 0 Å². The highest BCUT2D eigenvalue weighted by Gasteiger charge is 2.02. The standard InChI is InChI=1S/C8H7B2F/c9-4-6-2-1-3-8(11)7(6)5-10/h1-3H,4-5H2. The van der Waals surface area contributed by atoms with Gasteiger partial charge in [-0.25, -0.2) is 4.39 Å². The van der Waals surface area contributed by atoms with Crippen LogP contribution < -0.4 is 0 Å². The van der Waals surface area contributed by atoms with Crippen molar-refractivity contribution in [3.05, 3.63) is 35.1 Å². The molecule has 1 aromatic rings. The van der Waals surface area contributed by atoms with Gasteiger partial charge >= 0.3 is 0 Å². The average molecular weight is 144 g/mol. The van der Waals surface area contributed by atoms with Crippen LogP contribution in [0.3, 0.4) is 0 Å². The third-order valence-electron chi connectivity index (χ3n) is 1.64. The second-order valence-corrected chi connectivity index (χ2v) is 2.29. The molecule has 1 aromatic carbocycles. The zero-order chi connectivity index (χ0) is 8.27. The fourth-order valence-corrected chi connectivity index (χ4v) is 1.02. The summed E-state index contributed by atoms with van der Waals surface area (Å²) >= 11 is 0. The molecule has 0 heterocycles. The summed E-state index contributed by atoms with van der Waals surface area (Å²) in [6.07, 6.45) is 0.545. The maximum absolute atomic E-state index is 12.9. The second-order valence-electron chi connectivity index (χ2n) is 2.29. The van der Waals surface area contributed by atoms with Gasteiger partial charge in [0.15, 0.2) is 0 Å². The van der Waals surface area contributed by atoms with E-state index in [1.807, 2.05) is 0 Å². The smallest absolute Gasteiger partial charge is 0.125 e. The highest BCUT2D eigenvalue weighted by atomic mass is 19.1. The Labute approximate surface area is 68.6 Å². The van der Waals surface area contributed by atoms with Crippen LogP contribution in [0.2, 0.25) is 0 Å². The largest absolute Gasteiger partial charge is 0.207 e. The normalized spacial score (nSPS) is 9.91. The Morgan fingerprint density at radius 3 is 2.36 bits per heavy atom. The molecular formula is C8H7B2F. The first-order valence-corrected chi connectivity index (χ1v) is 3.46. The summed E-state index contributed by atoms with van der Waals surface area (Å²) in [5.41, 5.74) is 1.31. The van der Waals surface area contributed by atoms with E-state index in [0.717, 1.165) is 5.56 Å². The van der Waals surface area contributed by atoms with Crippen molar-refractivity contribution in [3.8, 4) is 0 Å². The number of hydrogen-bond acceptors (Lipinski definition) is 0. The lowest BCUT2D eigenvalue weighted by molar-refractivity contribution is 0.615. The minimum absolute atomic E-state index is 0.208. The third kappa shape index (κ3) is 1.65. The molecule has 0 saturated carbocycles. The first-order valence-electron chi connectivity index (χ1n) is 3.46. The first kappa shape index (κ1) is 8.38. The summed E-state index contributed by atoms with van der Waals surface area (Å²) in [6, 6.07) is 4.81. The minimum atomic E-state index is -0.268. The molecular weight excluding hydrogens is 137 g/mol. The molecule has 3 heteroatoms. The molecule has 0 amide bonds. The summed E-state index contributed by atoms with van der Waals surface area (Å²) in [5, 5.41) is 0. The molecule has 0 nitrogen and oxygen atoms in total. The molecule has 0 aliphatic rings. The molecule has 0 spiro atoms. The molecule has 52 valence electrons. The van der Waals surface area contributed by atoms with Crippen LogP contribution in [0.1, 0.15) is 11.1 Å². The van der Waals surface area contributed by atoms with Crippen LogP contribution in [0.5, 0.6) is 0 Å². The van der Waals surface area contributed by atoms with E-state index in [4.69, 9.17) is 15.7 Å². The van der Waals surface area contributed by atoms with Crippen molar-refractivity contribution in [2.24, 2.45) is 0 Å². The van der Waals surface area contributed by atoms with E-state index in [1.165, 1.54) is 6.07 Å². The topological polar surface area (TPSA) is 0 Å². The van der Waals surface area contributed by atoms with Gasteiger partial charge in [-0.3, -0.25) is 0 Å². The van der Waals surface area contributed by atoms with Crippen LogP contribution in [-0.4, -0.2) is 15.7 Å². The molecule has 0 fully saturated rings. The third-order valence-corrected chi connectivity index (χ3v) is 1.64. The molecule has 0 saturated heterocycles. The van der Waals surface area contributed by atoms with Gasteiger partial charge in [0.25, 0.3) is 0 Å². The van der Waals surface area contributed by atoms with E-state index in [9.17, 15) is 4.39 Å². The molecule has 11 heavy (non-hydrogen) atoms. The maximum atomic E-state index is 12.9. The van der Waals surface area contributed by atoms with Crippen molar-refractivity contribution in [2.45, 2.75) is 12.6 Å². The summed E-state index contributed by atoms with van der Waals surface area (Å²) < 4.78 is 12.9. The monoisotopic (exact) mass is 144 g/mol. The van der Waals surface area contributed by atoms with Crippen LogP contribution in [0, 0.1) is 5.82 Å². The maximum Gasteiger partial charge on any atom is 0.125 e. The number of halogens is 1. The quantitative estimate of drug-likeness (QED) is 0.546. The van der Waals surface area contributed by atoms with E-state index in [-0.39, 0.29) is 12.1 Å². The molecule has 0 N–H and O–H groups in total. The summed E-state index contributed by atoms with van der Waals surface area (Å²) in [5.74, 6) is -0.268. The van der Waals surface area contributed by atoms with Crippen LogP contribution in [-0.2, 0) is 12.6 Å². The Morgan fingerprint density at radius 1 is 1.18 bits per heavy atom. The van der Waals surface area contributed by atoms with Crippen molar-refractivity contribution in [3.63, 3.8) is 0 Å². The Bertz CT molecular complexity index is 248. The van der Waals surface area contributed by atoms with Crippen molar-refractivity contribution in [1.82, 2.24) is 0 Å². The van der Waals surface area contributed by atoms with E-state index >= 15 is 0 Å². The SMILES string of the molecule is [B]Cc1cccc(F)c1C[B]. The van der Waals surface area contributed by atoms with Crippen molar-refractivity contribution < 1.29 is 4.39 Å². The van der Waals surface area contributed by atoms with E-state index in [2.05, 4.69) is 0 Å². The molecule has 0 unspecified atom stereocenters. The minimum Gasteiger partial charge on any atom is -0.207 e. The Balaban J connectivity index is 3.13. The van der Waals surface area contributed by atoms with Crippen LogP contribution in [0.15, 0.2) is 18.2 Å². The van der Waals surface area contributed by atoms with Gasteiger partial charge in [-0.2, -0.15) is 0 Å². The summed E-state index contributed by atoms with van der Waals surface area (Å²) in [6.45, 7) is 0. The Kier molecular flexibility index (Phi) is 2.75. The van der Waals surface area contributed by atoms with Gasteiger partial charge in [0, 0.05) is 0 Å². The van der Waals surface area contributed by atoms with Crippen molar-refractivity contribution in [2.75, 3.05) is 0 Å². The molecule has 1 rings (SSSR count). The van der Waals surface area contributed by atoms with Gasteiger partial charge in [-0.15, -0.1) is 0 Å². The fraction of sp³-hybridized carbons (Fsp3) is 0.250. The molecule has 0 bridgehead atoms. The number of benzene rings is 1. The van der Waals surface area contributed by atoms with Gasteiger partial charge in [-0.1, -0.05) is 30.3 Å². The molecule has 0 aliphatic heterocycles. The lowest BCUT2D eigenvalue weighted by Crippen LogP contribution is -1.97. The van der Waals surface area contributed by atoms with Crippen molar-refractivity contribution in [1.29, 1.82) is 0 Å². The second kappa shape index (κ2) is 3.61. The van der Waals surface area contributed by atoms with Crippen LogP contribution in [0.4, 0.5) is 4.39 Å². The van der Waals surface area contributed by atoms with Crippen molar-refractivity contribution >= 4 is 15.7 Å². The first-order chi connectivity index (χ1) is 5.29. The molecule has 0 aliphatic carbocycles. The predicted octanol–water partition coefficient (Wildman–Crippen LogP) is 1.16.